The summed E-state index contributed by atoms with van der Waals surface area (Å²) in [5, 5.41) is 0. The first-order valence-electron chi connectivity index (χ1n) is 20.3. The van der Waals surface area contributed by atoms with E-state index >= 15 is 0 Å². The van der Waals surface area contributed by atoms with Crippen LogP contribution in [0.3, 0.4) is 0 Å². The molecule has 280 valence electrons. The summed E-state index contributed by atoms with van der Waals surface area (Å²) in [5.41, 5.74) is 5.83. The van der Waals surface area contributed by atoms with Gasteiger partial charge in [0.25, 0.3) is 0 Å². The fourth-order valence-electron chi connectivity index (χ4n) is 6.29. The summed E-state index contributed by atoms with van der Waals surface area (Å²) >= 11 is 0. The molecule has 0 bridgehead atoms. The quantitative estimate of drug-likeness (QED) is 0.256. The lowest BCUT2D eigenvalue weighted by Gasteiger charge is -2.23. The molecule has 5 aliphatic rings. The van der Waals surface area contributed by atoms with Crippen LogP contribution < -0.4 is 0 Å². The predicted octanol–water partition coefficient (Wildman–Crippen LogP) is 14.5. The molecule has 6 unspecified atom stereocenters. The molecular formula is C46H84O2. The number of hydrogen-bond donors (Lipinski definition) is 0. The summed E-state index contributed by atoms with van der Waals surface area (Å²) in [5.74, 6) is 5.52. The van der Waals surface area contributed by atoms with Crippen LogP contribution in [0.5, 0.6) is 0 Å². The molecule has 1 aromatic rings. The van der Waals surface area contributed by atoms with Crippen LogP contribution >= 0.6 is 0 Å². The summed E-state index contributed by atoms with van der Waals surface area (Å²) in [6.07, 6.45) is 25.0. The topological polar surface area (TPSA) is 18.5 Å². The van der Waals surface area contributed by atoms with Crippen molar-refractivity contribution in [1.29, 1.82) is 0 Å². The Labute approximate surface area is 302 Å². The van der Waals surface area contributed by atoms with E-state index in [2.05, 4.69) is 120 Å². The number of hydrogen-bond acceptors (Lipinski definition) is 2. The van der Waals surface area contributed by atoms with Crippen molar-refractivity contribution in [3.63, 3.8) is 0 Å². The van der Waals surface area contributed by atoms with Crippen molar-refractivity contribution in [1.82, 2.24) is 0 Å². The van der Waals surface area contributed by atoms with Gasteiger partial charge in [-0.05, 0) is 141 Å². The second-order valence-electron chi connectivity index (χ2n) is 17.0. The zero-order valence-corrected chi connectivity index (χ0v) is 34.2. The van der Waals surface area contributed by atoms with Crippen LogP contribution in [-0.4, -0.2) is 25.4 Å². The highest BCUT2D eigenvalue weighted by atomic mass is 16.5. The van der Waals surface area contributed by atoms with Crippen LogP contribution in [-0.2, 0) is 9.47 Å². The average molecular weight is 669 g/mol. The lowest BCUT2D eigenvalue weighted by molar-refractivity contribution is 0.000174. The van der Waals surface area contributed by atoms with Gasteiger partial charge in [0.15, 0.2) is 0 Å². The molecule has 1 saturated carbocycles. The molecule has 2 aliphatic heterocycles. The van der Waals surface area contributed by atoms with Crippen molar-refractivity contribution in [3.8, 4) is 0 Å². The molecule has 0 amide bonds. The van der Waals surface area contributed by atoms with Gasteiger partial charge in [-0.15, -0.1) is 0 Å². The number of rotatable bonds is 0. The minimum atomic E-state index is 0. The monoisotopic (exact) mass is 669 g/mol. The molecule has 3 aliphatic carbocycles. The highest BCUT2D eigenvalue weighted by Gasteiger charge is 2.15. The first-order valence-corrected chi connectivity index (χ1v) is 20.3. The van der Waals surface area contributed by atoms with Gasteiger partial charge in [0.1, 0.15) is 0 Å². The maximum atomic E-state index is 5.39. The Hall–Kier alpha value is -1.38. The Morgan fingerprint density at radius 1 is 0.417 bits per heavy atom. The third kappa shape index (κ3) is 24.7. The van der Waals surface area contributed by atoms with E-state index in [1.54, 1.807) is 11.1 Å². The summed E-state index contributed by atoms with van der Waals surface area (Å²) in [4.78, 5) is 0. The lowest BCUT2D eigenvalue weighted by atomic mass is 9.84. The minimum Gasteiger partial charge on any atom is -0.378 e. The number of aryl methyl sites for hydroxylation is 2. The zero-order chi connectivity index (χ0) is 35.9. The standard InChI is InChI=1S/C8H16.2C8H14.C8H10.2C7H14O.H2/c4*1-7-3-5-8(2)6-4-7;2*1-6-3-4-7(2)8-5-6;/h7-8H,3-6H2,1-2H3;2*3,8H,4-6H2,1-2H3;3-6H,1-2H3;2*6-7H,3-5H2,1-2H3;1H. The predicted molar refractivity (Wildman–Crippen MR) is 216 cm³/mol. The van der Waals surface area contributed by atoms with Crippen LogP contribution in [0, 0.1) is 49.4 Å². The molecule has 2 heterocycles. The van der Waals surface area contributed by atoms with Gasteiger partial charge in [0.05, 0.1) is 12.2 Å². The second-order valence-corrected chi connectivity index (χ2v) is 17.0. The van der Waals surface area contributed by atoms with Crippen LogP contribution in [0.15, 0.2) is 47.6 Å². The van der Waals surface area contributed by atoms with E-state index in [1.807, 2.05) is 0 Å². The molecule has 0 spiro atoms. The smallest absolute Gasteiger partial charge is 0.0547 e. The van der Waals surface area contributed by atoms with Crippen molar-refractivity contribution in [2.24, 2.45) is 35.5 Å². The molecule has 0 radical (unpaired) electrons. The van der Waals surface area contributed by atoms with Gasteiger partial charge in [-0.25, -0.2) is 0 Å². The molecule has 6 atom stereocenters. The highest BCUT2D eigenvalue weighted by Crippen LogP contribution is 2.27. The van der Waals surface area contributed by atoms with Crippen LogP contribution in [0.1, 0.15) is 172 Å². The minimum absolute atomic E-state index is 0. The van der Waals surface area contributed by atoms with E-state index in [1.165, 1.54) is 101 Å². The summed E-state index contributed by atoms with van der Waals surface area (Å²) < 4.78 is 10.8. The molecule has 0 aromatic heterocycles. The van der Waals surface area contributed by atoms with E-state index in [0.29, 0.717) is 12.2 Å². The molecule has 48 heavy (non-hydrogen) atoms. The van der Waals surface area contributed by atoms with E-state index < -0.39 is 0 Å². The van der Waals surface area contributed by atoms with Gasteiger partial charge in [-0.1, -0.05) is 126 Å². The zero-order valence-electron chi connectivity index (χ0n) is 34.2. The fraction of sp³-hybridized carbons (Fsp3) is 0.783. The Bertz CT molecular complexity index is 831. The van der Waals surface area contributed by atoms with Gasteiger partial charge >= 0.3 is 0 Å². The van der Waals surface area contributed by atoms with Gasteiger partial charge in [-0.3, -0.25) is 0 Å². The first kappa shape index (κ1) is 44.6. The molecule has 6 rings (SSSR count). The van der Waals surface area contributed by atoms with E-state index in [9.17, 15) is 0 Å². The summed E-state index contributed by atoms with van der Waals surface area (Å²) in [6.45, 7) is 28.7. The molecule has 1 aromatic carbocycles. The molecule has 2 nitrogen and oxygen atoms in total. The first-order chi connectivity index (χ1) is 22.7. The number of benzene rings is 1. The van der Waals surface area contributed by atoms with E-state index in [-0.39, 0.29) is 1.43 Å². The Morgan fingerprint density at radius 3 is 0.938 bits per heavy atom. The van der Waals surface area contributed by atoms with Crippen molar-refractivity contribution in [2.75, 3.05) is 13.2 Å². The van der Waals surface area contributed by atoms with Crippen molar-refractivity contribution in [3.05, 3.63) is 58.7 Å². The third-order valence-electron chi connectivity index (χ3n) is 10.8. The van der Waals surface area contributed by atoms with Crippen LogP contribution in [0.2, 0.25) is 0 Å². The summed E-state index contributed by atoms with van der Waals surface area (Å²) in [7, 11) is 0. The SMILES string of the molecule is CC1=CCC(C)CC1.CC1=CCC(C)CC1.CC1CCC(C)CC1.CC1CCC(C)OC1.CC1CCC(C)OC1.Cc1ccc(C)cc1.[HH]. The van der Waals surface area contributed by atoms with Gasteiger partial charge in [0.2, 0.25) is 0 Å². The Balaban J connectivity index is 0.000000562. The largest absolute Gasteiger partial charge is 0.378 e. The lowest BCUT2D eigenvalue weighted by Crippen LogP contribution is -2.21. The van der Waals surface area contributed by atoms with Crippen molar-refractivity contribution >= 4 is 0 Å². The maximum absolute atomic E-state index is 5.39. The third-order valence-corrected chi connectivity index (χ3v) is 10.8. The average Bonchev–Trinajstić information content (AvgIpc) is 3.07. The fourth-order valence-corrected chi connectivity index (χ4v) is 6.29. The van der Waals surface area contributed by atoms with E-state index in [0.717, 1.165) is 48.7 Å². The molecule has 2 saturated heterocycles. The Morgan fingerprint density at radius 2 is 0.729 bits per heavy atom. The normalized spacial score (nSPS) is 31.3. The summed E-state index contributed by atoms with van der Waals surface area (Å²) in [6, 6.07) is 8.48. The van der Waals surface area contributed by atoms with Crippen LogP contribution in [0.4, 0.5) is 0 Å². The number of ether oxygens (including phenoxy) is 2. The molecule has 0 N–H and O–H groups in total. The van der Waals surface area contributed by atoms with Crippen molar-refractivity contribution < 1.29 is 10.9 Å². The van der Waals surface area contributed by atoms with Gasteiger partial charge in [-0.2, -0.15) is 0 Å². The molecule has 3 fully saturated rings. The highest BCUT2D eigenvalue weighted by molar-refractivity contribution is 5.19. The van der Waals surface area contributed by atoms with Crippen LogP contribution in [0.25, 0.3) is 0 Å². The molecular weight excluding hydrogens is 585 g/mol. The molecule has 2 heteroatoms. The van der Waals surface area contributed by atoms with Gasteiger partial charge in [0, 0.05) is 14.6 Å². The number of allylic oxidation sites excluding steroid dienone is 4. The van der Waals surface area contributed by atoms with Gasteiger partial charge < -0.3 is 9.47 Å². The maximum Gasteiger partial charge on any atom is 0.0547 e. The second kappa shape index (κ2) is 26.4. The van der Waals surface area contributed by atoms with Crippen molar-refractivity contribution in [2.45, 2.75) is 185 Å². The van der Waals surface area contributed by atoms with E-state index in [4.69, 9.17) is 9.47 Å². The Kier molecular flexibility index (Phi) is 24.6.